The maximum atomic E-state index is 13.3. The van der Waals surface area contributed by atoms with Crippen molar-refractivity contribution in [1.29, 1.82) is 0 Å². The van der Waals surface area contributed by atoms with Crippen molar-refractivity contribution in [2.75, 3.05) is 18.0 Å². The third-order valence-corrected chi connectivity index (χ3v) is 5.75. The second-order valence-corrected chi connectivity index (χ2v) is 7.63. The van der Waals surface area contributed by atoms with E-state index in [1.54, 1.807) is 10.6 Å². The molecule has 0 N–H and O–H groups in total. The average molecular weight is 438 g/mol. The third-order valence-electron chi connectivity index (χ3n) is 5.75. The van der Waals surface area contributed by atoms with Crippen molar-refractivity contribution in [3.8, 4) is 22.8 Å². The van der Waals surface area contributed by atoms with Crippen LogP contribution in [0.4, 0.5) is 14.5 Å². The highest BCUT2D eigenvalue weighted by Crippen LogP contribution is 2.34. The van der Waals surface area contributed by atoms with Crippen LogP contribution in [0.3, 0.4) is 0 Å². The fraction of sp³-hybridized carbons (Fsp3) is 0.273. The molecule has 0 unspecified atom stereocenters. The van der Waals surface area contributed by atoms with Gasteiger partial charge in [0.05, 0.1) is 24.1 Å². The molecular weight excluding hydrogens is 418 g/mol. The molecule has 32 heavy (non-hydrogen) atoms. The molecule has 0 spiro atoms. The Balaban J connectivity index is 1.60. The summed E-state index contributed by atoms with van der Waals surface area (Å²) in [5.74, 6) is -0.235. The molecule has 1 fully saturated rings. The summed E-state index contributed by atoms with van der Waals surface area (Å²) in [5, 5.41) is 4.21. The molecule has 1 saturated heterocycles. The van der Waals surface area contributed by atoms with E-state index in [0.717, 1.165) is 58.2 Å². The molecule has 3 aromatic heterocycles. The Morgan fingerprint density at radius 3 is 2.50 bits per heavy atom. The summed E-state index contributed by atoms with van der Waals surface area (Å²) < 4.78 is 31.6. The zero-order valence-corrected chi connectivity index (χ0v) is 17.5. The van der Waals surface area contributed by atoms with Crippen LogP contribution in [0.5, 0.6) is 5.75 Å². The normalized spacial score (nSPS) is 13.6. The van der Waals surface area contributed by atoms with Crippen LogP contribution in [0.1, 0.15) is 17.7 Å². The van der Waals surface area contributed by atoms with Gasteiger partial charge in [-0.1, -0.05) is 12.1 Å². The number of nitrogens with zero attached hydrogens (tertiary/aromatic N) is 6. The van der Waals surface area contributed by atoms with Gasteiger partial charge in [0.15, 0.2) is 5.75 Å². The first-order valence-electron chi connectivity index (χ1n) is 10.2. The van der Waals surface area contributed by atoms with Gasteiger partial charge in [0.2, 0.25) is 0 Å². The molecule has 0 atom stereocenters. The summed E-state index contributed by atoms with van der Waals surface area (Å²) in [6.07, 6.45) is 4.93. The van der Waals surface area contributed by atoms with E-state index in [9.17, 15) is 13.6 Å². The summed E-state index contributed by atoms with van der Waals surface area (Å²) in [5.41, 5.74) is 5.13. The standard InChI is InChI=1S/C22H20F2N6O2/c1-13-18-12-27-30(21-25-10-17(11-26-21)32-20(23)24)22(31)29(18)14(2)19(13)15-5-3-6-16(9-15)28-7-4-8-28/h3,5-6,9-12,20H,4,7-8H2,1-2H3. The van der Waals surface area contributed by atoms with Crippen molar-refractivity contribution >= 4 is 11.2 Å². The van der Waals surface area contributed by atoms with E-state index in [-0.39, 0.29) is 11.7 Å². The van der Waals surface area contributed by atoms with Gasteiger partial charge in [-0.05, 0) is 43.5 Å². The molecule has 8 nitrogen and oxygen atoms in total. The van der Waals surface area contributed by atoms with E-state index in [2.05, 4.69) is 36.8 Å². The van der Waals surface area contributed by atoms with Gasteiger partial charge in [0.1, 0.15) is 0 Å². The van der Waals surface area contributed by atoms with Gasteiger partial charge in [-0.2, -0.15) is 13.9 Å². The molecule has 1 aromatic carbocycles. The fourth-order valence-electron chi connectivity index (χ4n) is 4.09. The fourth-order valence-corrected chi connectivity index (χ4v) is 4.09. The SMILES string of the molecule is Cc1c(-c2cccc(N3CCC3)c2)c(C)n2c(=O)n(-c3ncc(OC(F)F)cn3)ncc12. The summed E-state index contributed by atoms with van der Waals surface area (Å²) in [6.45, 7) is 2.97. The molecule has 1 aliphatic heterocycles. The zero-order chi connectivity index (χ0) is 22.4. The number of anilines is 1. The number of benzene rings is 1. The molecule has 4 heterocycles. The van der Waals surface area contributed by atoms with E-state index in [1.807, 2.05) is 26.0 Å². The number of hydrogen-bond acceptors (Lipinski definition) is 6. The summed E-state index contributed by atoms with van der Waals surface area (Å²) >= 11 is 0. The quantitative estimate of drug-likeness (QED) is 0.476. The van der Waals surface area contributed by atoms with Crippen molar-refractivity contribution in [3.63, 3.8) is 0 Å². The molecule has 164 valence electrons. The van der Waals surface area contributed by atoms with E-state index in [4.69, 9.17) is 0 Å². The summed E-state index contributed by atoms with van der Waals surface area (Å²) in [7, 11) is 0. The monoisotopic (exact) mass is 438 g/mol. The number of aryl methyl sites for hydroxylation is 2. The van der Waals surface area contributed by atoms with E-state index in [1.165, 1.54) is 6.42 Å². The lowest BCUT2D eigenvalue weighted by Crippen LogP contribution is -2.36. The predicted octanol–water partition coefficient (Wildman–Crippen LogP) is 3.37. The number of hydrogen-bond donors (Lipinski definition) is 0. The van der Waals surface area contributed by atoms with Crippen LogP contribution < -0.4 is 15.3 Å². The van der Waals surface area contributed by atoms with Gasteiger partial charge in [-0.15, -0.1) is 4.68 Å². The van der Waals surface area contributed by atoms with Gasteiger partial charge in [0, 0.05) is 30.0 Å². The number of fused-ring (bicyclic) bond motifs is 1. The van der Waals surface area contributed by atoms with E-state index < -0.39 is 12.3 Å². The Morgan fingerprint density at radius 1 is 1.09 bits per heavy atom. The van der Waals surface area contributed by atoms with Crippen LogP contribution in [0.25, 0.3) is 22.6 Å². The Kier molecular flexibility index (Phi) is 4.84. The lowest BCUT2D eigenvalue weighted by atomic mass is 10.0. The van der Waals surface area contributed by atoms with E-state index in [0.29, 0.717) is 5.52 Å². The number of rotatable bonds is 5. The lowest BCUT2D eigenvalue weighted by Gasteiger charge is -2.33. The van der Waals surface area contributed by atoms with Crippen molar-refractivity contribution in [2.45, 2.75) is 26.9 Å². The van der Waals surface area contributed by atoms with Crippen LogP contribution in [-0.2, 0) is 0 Å². The second kappa shape index (κ2) is 7.70. The minimum atomic E-state index is -2.98. The van der Waals surface area contributed by atoms with Crippen LogP contribution >= 0.6 is 0 Å². The van der Waals surface area contributed by atoms with E-state index >= 15 is 0 Å². The molecule has 0 bridgehead atoms. The second-order valence-electron chi connectivity index (χ2n) is 7.63. The zero-order valence-electron chi connectivity index (χ0n) is 17.5. The molecule has 0 radical (unpaired) electrons. The van der Waals surface area contributed by atoms with Gasteiger partial charge >= 0.3 is 12.3 Å². The topological polar surface area (TPSA) is 77.5 Å². The molecule has 4 aromatic rings. The van der Waals surface area contributed by atoms with Gasteiger partial charge < -0.3 is 9.64 Å². The largest absolute Gasteiger partial charge is 0.432 e. The highest BCUT2D eigenvalue weighted by molar-refractivity contribution is 5.80. The maximum Gasteiger partial charge on any atom is 0.387 e. The third kappa shape index (κ3) is 3.28. The average Bonchev–Trinajstić information content (AvgIpc) is 2.98. The van der Waals surface area contributed by atoms with Crippen LogP contribution in [-0.4, -0.2) is 43.9 Å². The summed E-state index contributed by atoms with van der Waals surface area (Å²) in [6, 6.07) is 8.30. The van der Waals surface area contributed by atoms with Gasteiger partial charge in [-0.3, -0.25) is 4.40 Å². The predicted molar refractivity (Wildman–Crippen MR) is 115 cm³/mol. The van der Waals surface area contributed by atoms with Crippen LogP contribution in [0.2, 0.25) is 0 Å². The molecule has 0 aliphatic carbocycles. The van der Waals surface area contributed by atoms with Crippen LogP contribution in [0.15, 0.2) is 47.7 Å². The number of ether oxygens (including phenoxy) is 1. The van der Waals surface area contributed by atoms with Crippen LogP contribution in [0, 0.1) is 13.8 Å². The lowest BCUT2D eigenvalue weighted by molar-refractivity contribution is -0.0503. The molecular formula is C22H20F2N6O2. The number of halogens is 2. The van der Waals surface area contributed by atoms with Crippen molar-refractivity contribution < 1.29 is 13.5 Å². The smallest absolute Gasteiger partial charge is 0.387 e. The van der Waals surface area contributed by atoms with Crippen molar-refractivity contribution in [2.24, 2.45) is 0 Å². The Bertz CT molecular complexity index is 1360. The Hall–Kier alpha value is -3.82. The first-order valence-corrected chi connectivity index (χ1v) is 10.2. The number of alkyl halides is 2. The molecule has 10 heteroatoms. The molecule has 0 saturated carbocycles. The maximum absolute atomic E-state index is 13.3. The van der Waals surface area contributed by atoms with Crippen molar-refractivity contribution in [3.05, 3.63) is 64.6 Å². The number of aromatic nitrogens is 5. The highest BCUT2D eigenvalue weighted by Gasteiger charge is 2.20. The minimum absolute atomic E-state index is 0.0365. The Labute approximate surface area is 181 Å². The minimum Gasteiger partial charge on any atom is -0.432 e. The van der Waals surface area contributed by atoms with Gasteiger partial charge in [0.25, 0.3) is 5.95 Å². The highest BCUT2D eigenvalue weighted by atomic mass is 19.3. The first-order chi connectivity index (χ1) is 15.4. The first kappa shape index (κ1) is 20.1. The molecule has 5 rings (SSSR count). The molecule has 1 aliphatic rings. The van der Waals surface area contributed by atoms with Crippen molar-refractivity contribution in [1.82, 2.24) is 24.1 Å². The Morgan fingerprint density at radius 2 is 1.84 bits per heavy atom. The van der Waals surface area contributed by atoms with Gasteiger partial charge in [-0.25, -0.2) is 14.8 Å². The molecule has 0 amide bonds. The summed E-state index contributed by atoms with van der Waals surface area (Å²) in [4.78, 5) is 23.5.